The van der Waals surface area contributed by atoms with Crippen molar-refractivity contribution >= 4 is 11.6 Å². The Balaban J connectivity index is 2.27. The van der Waals surface area contributed by atoms with E-state index in [1.54, 1.807) is 7.05 Å². The second-order valence-corrected chi connectivity index (χ2v) is 4.83. The number of nitro benzene ring substituents is 1. The van der Waals surface area contributed by atoms with Crippen molar-refractivity contribution in [2.75, 3.05) is 20.1 Å². The van der Waals surface area contributed by atoms with E-state index in [1.165, 1.54) is 4.90 Å². The Bertz CT molecular complexity index is 530. The van der Waals surface area contributed by atoms with Gasteiger partial charge in [-0.2, -0.15) is 0 Å². The number of carbonyl (C=O) groups excluding carboxylic acids is 1. The van der Waals surface area contributed by atoms with Gasteiger partial charge in [0, 0.05) is 25.7 Å². The van der Waals surface area contributed by atoms with E-state index >= 15 is 0 Å². The van der Waals surface area contributed by atoms with Gasteiger partial charge in [0.1, 0.15) is 11.4 Å². The van der Waals surface area contributed by atoms with Crippen molar-refractivity contribution in [3.8, 4) is 0 Å². The molecule has 0 aliphatic carbocycles. The molecule has 108 valence electrons. The van der Waals surface area contributed by atoms with Crippen LogP contribution in [0.15, 0.2) is 18.2 Å². The molecule has 2 rings (SSSR count). The predicted molar refractivity (Wildman–Crippen MR) is 71.0 cm³/mol. The van der Waals surface area contributed by atoms with E-state index in [1.807, 2.05) is 0 Å². The summed E-state index contributed by atoms with van der Waals surface area (Å²) in [7, 11) is 1.59. The number of nitro groups is 1. The molecule has 1 saturated heterocycles. The van der Waals surface area contributed by atoms with Crippen LogP contribution >= 0.6 is 0 Å². The van der Waals surface area contributed by atoms with Crippen LogP contribution in [-0.2, 0) is 0 Å². The molecular weight excluding hydrogens is 265 g/mol. The number of rotatable bonds is 3. The molecule has 0 spiro atoms. The summed E-state index contributed by atoms with van der Waals surface area (Å²) in [5, 5.41) is 14.1. The molecule has 20 heavy (non-hydrogen) atoms. The standard InChI is InChI=1S/C13H16FN3O3/c1-16(10-3-2-6-15-8-10)13(18)11-7-9(14)4-5-12(11)17(19)20/h4-5,7,10,15H,2-3,6,8H2,1H3. The fourth-order valence-electron chi connectivity index (χ4n) is 2.36. The fraction of sp³-hybridized carbons (Fsp3) is 0.462. The van der Waals surface area contributed by atoms with Gasteiger partial charge >= 0.3 is 0 Å². The van der Waals surface area contributed by atoms with E-state index < -0.39 is 16.6 Å². The first-order chi connectivity index (χ1) is 9.50. The topological polar surface area (TPSA) is 75.5 Å². The van der Waals surface area contributed by atoms with Crippen molar-refractivity contribution in [3.63, 3.8) is 0 Å². The molecule has 0 bridgehead atoms. The Labute approximate surface area is 115 Å². The number of hydrogen-bond donors (Lipinski definition) is 1. The van der Waals surface area contributed by atoms with Crippen LogP contribution in [0.4, 0.5) is 10.1 Å². The van der Waals surface area contributed by atoms with Gasteiger partial charge in [-0.25, -0.2) is 4.39 Å². The molecule has 1 unspecified atom stereocenters. The zero-order valence-electron chi connectivity index (χ0n) is 11.1. The van der Waals surface area contributed by atoms with Crippen LogP contribution in [0.25, 0.3) is 0 Å². The van der Waals surface area contributed by atoms with Crippen LogP contribution in [0.2, 0.25) is 0 Å². The third kappa shape index (κ3) is 2.93. The minimum absolute atomic E-state index is 0.0286. The maximum Gasteiger partial charge on any atom is 0.282 e. The van der Waals surface area contributed by atoms with Crippen LogP contribution in [0, 0.1) is 15.9 Å². The molecule has 0 saturated carbocycles. The zero-order chi connectivity index (χ0) is 14.7. The normalized spacial score (nSPS) is 18.6. The van der Waals surface area contributed by atoms with Gasteiger partial charge < -0.3 is 10.2 Å². The summed E-state index contributed by atoms with van der Waals surface area (Å²) in [4.78, 5) is 24.1. The molecule has 1 aliphatic heterocycles. The summed E-state index contributed by atoms with van der Waals surface area (Å²) >= 11 is 0. The number of hydrogen-bond acceptors (Lipinski definition) is 4. The summed E-state index contributed by atoms with van der Waals surface area (Å²) < 4.78 is 13.3. The molecule has 6 nitrogen and oxygen atoms in total. The minimum atomic E-state index is -0.667. The van der Waals surface area contributed by atoms with Crippen LogP contribution in [0.5, 0.6) is 0 Å². The molecular formula is C13H16FN3O3. The smallest absolute Gasteiger partial charge is 0.282 e. The number of halogens is 1. The average Bonchev–Trinajstić information content (AvgIpc) is 2.46. The van der Waals surface area contributed by atoms with Crippen molar-refractivity contribution < 1.29 is 14.1 Å². The lowest BCUT2D eigenvalue weighted by Gasteiger charge is -2.31. The van der Waals surface area contributed by atoms with E-state index in [2.05, 4.69) is 5.32 Å². The third-order valence-electron chi connectivity index (χ3n) is 3.52. The zero-order valence-corrected chi connectivity index (χ0v) is 11.1. The van der Waals surface area contributed by atoms with Crippen molar-refractivity contribution in [1.82, 2.24) is 10.2 Å². The van der Waals surface area contributed by atoms with Gasteiger partial charge in [0.2, 0.25) is 0 Å². The van der Waals surface area contributed by atoms with Crippen LogP contribution in [-0.4, -0.2) is 41.9 Å². The minimum Gasteiger partial charge on any atom is -0.337 e. The van der Waals surface area contributed by atoms with Gasteiger partial charge in [-0.3, -0.25) is 14.9 Å². The SMILES string of the molecule is CN(C(=O)c1cc(F)ccc1[N+](=O)[O-])C1CCCNC1. The molecule has 1 aliphatic rings. The quantitative estimate of drug-likeness (QED) is 0.674. The highest BCUT2D eigenvalue weighted by Crippen LogP contribution is 2.22. The van der Waals surface area contributed by atoms with E-state index in [0.717, 1.165) is 37.6 Å². The summed E-state index contributed by atoms with van der Waals surface area (Å²) in [6, 6.07) is 2.90. The summed E-state index contributed by atoms with van der Waals surface area (Å²) in [6.07, 6.45) is 1.77. The average molecular weight is 281 g/mol. The van der Waals surface area contributed by atoms with Crippen LogP contribution < -0.4 is 5.32 Å². The highest BCUT2D eigenvalue weighted by molar-refractivity contribution is 5.98. The number of carbonyl (C=O) groups is 1. The number of piperidine rings is 1. The number of nitrogens with zero attached hydrogens (tertiary/aromatic N) is 2. The molecule has 1 fully saturated rings. The molecule has 1 aromatic carbocycles. The lowest BCUT2D eigenvalue weighted by atomic mass is 10.0. The second-order valence-electron chi connectivity index (χ2n) is 4.83. The Morgan fingerprint density at radius 2 is 2.30 bits per heavy atom. The second kappa shape index (κ2) is 5.96. The van der Waals surface area contributed by atoms with Crippen molar-refractivity contribution in [1.29, 1.82) is 0 Å². The molecule has 0 aromatic heterocycles. The van der Waals surface area contributed by atoms with Gasteiger partial charge in [0.25, 0.3) is 11.6 Å². The summed E-state index contributed by atoms with van der Waals surface area (Å²) in [5.74, 6) is -1.18. The van der Waals surface area contributed by atoms with E-state index in [0.29, 0.717) is 6.54 Å². The van der Waals surface area contributed by atoms with Crippen molar-refractivity contribution in [2.24, 2.45) is 0 Å². The first kappa shape index (κ1) is 14.4. The van der Waals surface area contributed by atoms with Gasteiger partial charge in [-0.1, -0.05) is 0 Å². The van der Waals surface area contributed by atoms with E-state index in [4.69, 9.17) is 0 Å². The molecule has 0 radical (unpaired) electrons. The molecule has 1 N–H and O–H groups in total. The van der Waals surface area contributed by atoms with Crippen LogP contribution in [0.3, 0.4) is 0 Å². The molecule has 1 amide bonds. The highest BCUT2D eigenvalue weighted by Gasteiger charge is 2.28. The fourth-order valence-corrected chi connectivity index (χ4v) is 2.36. The van der Waals surface area contributed by atoms with Crippen molar-refractivity contribution in [2.45, 2.75) is 18.9 Å². The number of amides is 1. The summed E-state index contributed by atoms with van der Waals surface area (Å²) in [6.45, 7) is 1.55. The van der Waals surface area contributed by atoms with Gasteiger partial charge in [0.15, 0.2) is 0 Å². The van der Waals surface area contributed by atoms with Gasteiger partial charge in [0.05, 0.1) is 4.92 Å². The maximum absolute atomic E-state index is 13.3. The largest absolute Gasteiger partial charge is 0.337 e. The lowest BCUT2D eigenvalue weighted by molar-refractivity contribution is -0.385. The number of likely N-dealkylation sites (N-methyl/N-ethyl adjacent to an activating group) is 1. The Morgan fingerprint density at radius 1 is 1.55 bits per heavy atom. The first-order valence-corrected chi connectivity index (χ1v) is 6.42. The highest BCUT2D eigenvalue weighted by atomic mass is 19.1. The van der Waals surface area contributed by atoms with Crippen LogP contribution in [0.1, 0.15) is 23.2 Å². The number of nitrogens with one attached hydrogen (secondary N) is 1. The Morgan fingerprint density at radius 3 is 2.90 bits per heavy atom. The van der Waals surface area contributed by atoms with E-state index in [-0.39, 0.29) is 17.3 Å². The number of benzene rings is 1. The monoisotopic (exact) mass is 281 g/mol. The van der Waals surface area contributed by atoms with Gasteiger partial charge in [-0.15, -0.1) is 0 Å². The molecule has 1 heterocycles. The summed E-state index contributed by atoms with van der Waals surface area (Å²) in [5.41, 5.74) is -0.574. The Kier molecular flexibility index (Phi) is 4.29. The first-order valence-electron chi connectivity index (χ1n) is 6.42. The third-order valence-corrected chi connectivity index (χ3v) is 3.52. The Hall–Kier alpha value is -2.02. The van der Waals surface area contributed by atoms with Crippen molar-refractivity contribution in [3.05, 3.63) is 39.7 Å². The van der Waals surface area contributed by atoms with Gasteiger partial charge in [-0.05, 0) is 31.5 Å². The maximum atomic E-state index is 13.3. The molecule has 1 aromatic rings. The van der Waals surface area contributed by atoms with E-state index in [9.17, 15) is 19.3 Å². The molecule has 7 heteroatoms. The molecule has 1 atom stereocenters. The lowest BCUT2D eigenvalue weighted by Crippen LogP contribution is -2.46. The predicted octanol–water partition coefficient (Wildman–Crippen LogP) is 1.56.